The Kier molecular flexibility index (Phi) is 11.1. The molecule has 0 bridgehead atoms. The third kappa shape index (κ3) is 8.62. The van der Waals surface area contributed by atoms with Gasteiger partial charge in [0.15, 0.2) is 0 Å². The van der Waals surface area contributed by atoms with Gasteiger partial charge < -0.3 is 4.65 Å². The van der Waals surface area contributed by atoms with Crippen LogP contribution in [0.2, 0.25) is 12.6 Å². The van der Waals surface area contributed by atoms with Crippen LogP contribution in [-0.2, 0) is 4.65 Å². The van der Waals surface area contributed by atoms with Crippen molar-refractivity contribution < 1.29 is 4.65 Å². The minimum absolute atomic E-state index is 0.526. The maximum atomic E-state index is 5.48. The summed E-state index contributed by atoms with van der Waals surface area (Å²) in [7, 11) is 1.86. The zero-order chi connectivity index (χ0) is 10.6. The van der Waals surface area contributed by atoms with E-state index in [9.17, 15) is 0 Å². The third-order valence-electron chi connectivity index (χ3n) is 2.84. The van der Waals surface area contributed by atoms with Crippen molar-refractivity contribution in [2.45, 2.75) is 71.4 Å². The highest BCUT2D eigenvalue weighted by Gasteiger charge is 2.12. The highest BCUT2D eigenvalue weighted by atomic mass is 16.4. The minimum Gasteiger partial charge on any atom is -0.439 e. The van der Waals surface area contributed by atoms with Gasteiger partial charge in [-0.15, -0.1) is 0 Å². The summed E-state index contributed by atoms with van der Waals surface area (Å²) in [6.07, 6.45) is 12.0. The summed E-state index contributed by atoms with van der Waals surface area (Å²) in [5, 5.41) is 0. The lowest BCUT2D eigenvalue weighted by Crippen LogP contribution is -2.14. The molecule has 0 spiro atoms. The lowest BCUT2D eigenvalue weighted by Gasteiger charge is -2.10. The largest absolute Gasteiger partial charge is 0.439 e. The molecule has 0 saturated carbocycles. The smallest absolute Gasteiger partial charge is 0.292 e. The Morgan fingerprint density at radius 1 is 0.786 bits per heavy atom. The van der Waals surface area contributed by atoms with Gasteiger partial charge >= 0.3 is 0 Å². The fourth-order valence-corrected chi connectivity index (χ4v) is 1.80. The van der Waals surface area contributed by atoms with E-state index in [1.165, 1.54) is 57.6 Å². The summed E-state index contributed by atoms with van der Waals surface area (Å²) >= 11 is 0. The Bertz CT molecular complexity index is 106. The van der Waals surface area contributed by atoms with Crippen molar-refractivity contribution in [1.82, 2.24) is 0 Å². The van der Waals surface area contributed by atoms with E-state index in [1.54, 1.807) is 0 Å². The fourth-order valence-electron chi connectivity index (χ4n) is 1.80. The lowest BCUT2D eigenvalue weighted by atomic mass is 9.59. The Balaban J connectivity index is 3.28. The second kappa shape index (κ2) is 11.1. The van der Waals surface area contributed by atoms with E-state index in [2.05, 4.69) is 13.8 Å². The predicted molar refractivity (Wildman–Crippen MR) is 66.0 cm³/mol. The van der Waals surface area contributed by atoms with Crippen LogP contribution in [0.15, 0.2) is 0 Å². The van der Waals surface area contributed by atoms with Gasteiger partial charge in [0.2, 0.25) is 0 Å². The summed E-state index contributed by atoms with van der Waals surface area (Å²) in [5.41, 5.74) is 0. The molecular weight excluding hydrogens is 171 g/mol. The van der Waals surface area contributed by atoms with Crippen molar-refractivity contribution in [2.24, 2.45) is 0 Å². The summed E-state index contributed by atoms with van der Waals surface area (Å²) in [5.74, 6) is 0. The SMILES string of the molecule is CCCCCCB(CCCCC)OC. The van der Waals surface area contributed by atoms with Gasteiger partial charge in [0.1, 0.15) is 0 Å². The minimum atomic E-state index is 0.526. The second-order valence-corrected chi connectivity index (χ2v) is 4.20. The van der Waals surface area contributed by atoms with E-state index in [-0.39, 0.29) is 0 Å². The molecule has 0 aliphatic rings. The first-order valence-electron chi connectivity index (χ1n) is 6.37. The van der Waals surface area contributed by atoms with Crippen molar-refractivity contribution in [2.75, 3.05) is 7.11 Å². The Morgan fingerprint density at radius 3 is 1.79 bits per heavy atom. The van der Waals surface area contributed by atoms with Crippen molar-refractivity contribution in [3.8, 4) is 0 Å². The Morgan fingerprint density at radius 2 is 1.29 bits per heavy atom. The molecule has 84 valence electrons. The normalized spacial score (nSPS) is 10.5. The molecule has 0 heterocycles. The summed E-state index contributed by atoms with van der Waals surface area (Å²) < 4.78 is 5.48. The van der Waals surface area contributed by atoms with Crippen molar-refractivity contribution >= 4 is 6.92 Å². The van der Waals surface area contributed by atoms with Crippen LogP contribution >= 0.6 is 0 Å². The molecule has 0 amide bonds. The van der Waals surface area contributed by atoms with Crippen molar-refractivity contribution in [3.63, 3.8) is 0 Å². The van der Waals surface area contributed by atoms with Gasteiger partial charge in [0, 0.05) is 7.11 Å². The van der Waals surface area contributed by atoms with Gasteiger partial charge in [-0.3, -0.25) is 0 Å². The molecule has 0 fully saturated rings. The monoisotopic (exact) mass is 198 g/mol. The average Bonchev–Trinajstić information content (AvgIpc) is 2.22. The van der Waals surface area contributed by atoms with Crippen LogP contribution in [0.1, 0.15) is 58.8 Å². The van der Waals surface area contributed by atoms with Crippen LogP contribution in [0, 0.1) is 0 Å². The van der Waals surface area contributed by atoms with Crippen LogP contribution < -0.4 is 0 Å². The maximum Gasteiger partial charge on any atom is 0.292 e. The molecule has 0 saturated heterocycles. The fraction of sp³-hybridized carbons (Fsp3) is 1.00. The van der Waals surface area contributed by atoms with Gasteiger partial charge in [-0.1, -0.05) is 58.8 Å². The molecule has 0 aliphatic carbocycles. The first kappa shape index (κ1) is 14.0. The van der Waals surface area contributed by atoms with Crippen LogP contribution in [0.5, 0.6) is 0 Å². The highest BCUT2D eigenvalue weighted by molar-refractivity contribution is 6.51. The van der Waals surface area contributed by atoms with Crippen LogP contribution in [0.3, 0.4) is 0 Å². The number of unbranched alkanes of at least 4 members (excludes halogenated alkanes) is 5. The second-order valence-electron chi connectivity index (χ2n) is 4.20. The van der Waals surface area contributed by atoms with E-state index >= 15 is 0 Å². The van der Waals surface area contributed by atoms with Crippen LogP contribution in [-0.4, -0.2) is 14.0 Å². The van der Waals surface area contributed by atoms with Gasteiger partial charge in [0.25, 0.3) is 6.92 Å². The van der Waals surface area contributed by atoms with Crippen LogP contribution in [0.4, 0.5) is 0 Å². The van der Waals surface area contributed by atoms with E-state index in [0.717, 1.165) is 0 Å². The number of hydrogen-bond acceptors (Lipinski definition) is 1. The van der Waals surface area contributed by atoms with E-state index < -0.39 is 0 Å². The lowest BCUT2D eigenvalue weighted by molar-refractivity contribution is 0.412. The average molecular weight is 198 g/mol. The quantitative estimate of drug-likeness (QED) is 0.373. The molecule has 0 aliphatic heterocycles. The van der Waals surface area contributed by atoms with Gasteiger partial charge in [-0.2, -0.15) is 0 Å². The summed E-state index contributed by atoms with van der Waals surface area (Å²) in [6, 6.07) is 0. The first-order chi connectivity index (χ1) is 6.85. The summed E-state index contributed by atoms with van der Waals surface area (Å²) in [6.45, 7) is 5.04. The molecule has 0 N–H and O–H groups in total. The third-order valence-corrected chi connectivity index (χ3v) is 2.84. The molecule has 0 radical (unpaired) electrons. The Labute approximate surface area is 90.7 Å². The Hall–Kier alpha value is 0.0249. The van der Waals surface area contributed by atoms with Gasteiger partial charge in [0.05, 0.1) is 0 Å². The molecule has 0 atom stereocenters. The number of rotatable bonds is 10. The zero-order valence-corrected chi connectivity index (χ0v) is 10.3. The maximum absolute atomic E-state index is 5.48. The zero-order valence-electron chi connectivity index (χ0n) is 10.3. The predicted octanol–water partition coefficient (Wildman–Crippen LogP) is 4.39. The molecule has 0 aromatic rings. The van der Waals surface area contributed by atoms with Crippen molar-refractivity contribution in [3.05, 3.63) is 0 Å². The molecular formula is C12H27BO. The molecule has 14 heavy (non-hydrogen) atoms. The van der Waals surface area contributed by atoms with Gasteiger partial charge in [-0.05, 0) is 12.6 Å². The molecule has 2 heteroatoms. The molecule has 1 nitrogen and oxygen atoms in total. The standard InChI is InChI=1S/C12H27BO/c1-4-6-8-10-12-13(14-3)11-9-7-5-2/h4-12H2,1-3H3. The molecule has 0 aromatic carbocycles. The van der Waals surface area contributed by atoms with Gasteiger partial charge in [-0.25, -0.2) is 0 Å². The summed E-state index contributed by atoms with van der Waals surface area (Å²) in [4.78, 5) is 0. The molecule has 0 unspecified atom stereocenters. The number of hydrogen-bond donors (Lipinski definition) is 0. The molecule has 0 rings (SSSR count). The first-order valence-corrected chi connectivity index (χ1v) is 6.37. The molecule has 0 aromatic heterocycles. The topological polar surface area (TPSA) is 9.23 Å². The highest BCUT2D eigenvalue weighted by Crippen LogP contribution is 2.12. The van der Waals surface area contributed by atoms with E-state index in [1.807, 2.05) is 7.11 Å². The van der Waals surface area contributed by atoms with Crippen molar-refractivity contribution in [1.29, 1.82) is 0 Å². The van der Waals surface area contributed by atoms with E-state index in [4.69, 9.17) is 4.65 Å². The van der Waals surface area contributed by atoms with Crippen LogP contribution in [0.25, 0.3) is 0 Å². The van der Waals surface area contributed by atoms with E-state index in [0.29, 0.717) is 6.92 Å².